The highest BCUT2D eigenvalue weighted by Crippen LogP contribution is 2.23. The molecule has 1 heterocycles. The minimum atomic E-state index is -0.526. The Labute approximate surface area is 110 Å². The topological polar surface area (TPSA) is 55.4 Å². The molecule has 5 heteroatoms. The van der Waals surface area contributed by atoms with Gasteiger partial charge in [0, 0.05) is 0 Å². The minimum Gasteiger partial charge on any atom is -0.445 e. The van der Waals surface area contributed by atoms with E-state index in [-0.39, 0.29) is 17.7 Å². The van der Waals surface area contributed by atoms with Gasteiger partial charge in [-0.2, -0.15) is 0 Å². The normalized spacial score (nSPS) is 25.5. The Morgan fingerprint density at radius 3 is 2.56 bits per heavy atom. The van der Waals surface area contributed by atoms with E-state index < -0.39 is 11.6 Å². The Morgan fingerprint density at radius 1 is 1.44 bits per heavy atom. The number of carbonyl (C=O) groups excluding carboxylic acids is 2. The fourth-order valence-electron chi connectivity index (χ4n) is 1.52. The Hall–Kier alpha value is -0.170. The van der Waals surface area contributed by atoms with Gasteiger partial charge in [0.15, 0.2) is 12.0 Å². The van der Waals surface area contributed by atoms with E-state index in [1.54, 1.807) is 20.8 Å². The van der Waals surface area contributed by atoms with Crippen molar-refractivity contribution in [3.05, 3.63) is 0 Å². The summed E-state index contributed by atoms with van der Waals surface area (Å²) in [5.74, 6) is -0.293. The van der Waals surface area contributed by atoms with Gasteiger partial charge in [-0.05, 0) is 33.7 Å². The number of ketones is 1. The molecule has 92 valence electrons. The number of hydrogen-bond acceptors (Lipinski definition) is 4. The van der Waals surface area contributed by atoms with Crippen LogP contribution in [-0.2, 0) is 14.3 Å². The van der Waals surface area contributed by atoms with Crippen LogP contribution in [0, 0.1) is 11.3 Å². The molecule has 0 aliphatic carbocycles. The van der Waals surface area contributed by atoms with Crippen molar-refractivity contribution in [2.45, 2.75) is 33.4 Å². The molecule has 1 fully saturated rings. The summed E-state index contributed by atoms with van der Waals surface area (Å²) in [5, 5.41) is 3.06. The molecule has 0 saturated carbocycles. The highest BCUT2D eigenvalue weighted by Gasteiger charge is 2.36. The van der Waals surface area contributed by atoms with Gasteiger partial charge >= 0.3 is 5.97 Å². The van der Waals surface area contributed by atoms with Crippen LogP contribution in [0.3, 0.4) is 0 Å². The molecule has 1 saturated heterocycles. The largest absolute Gasteiger partial charge is 0.445 e. The van der Waals surface area contributed by atoms with Gasteiger partial charge in [0.1, 0.15) is 0 Å². The smallest absolute Gasteiger partial charge is 0.312 e. The predicted octanol–water partition coefficient (Wildman–Crippen LogP) is 1.52. The second-order valence-corrected chi connectivity index (χ2v) is 5.79. The van der Waals surface area contributed by atoms with Crippen LogP contribution >= 0.6 is 22.6 Å². The summed E-state index contributed by atoms with van der Waals surface area (Å²) in [7, 11) is 0. The van der Waals surface area contributed by atoms with Gasteiger partial charge in [-0.1, -0.05) is 22.6 Å². The van der Waals surface area contributed by atoms with Crippen molar-refractivity contribution >= 4 is 34.3 Å². The first kappa shape index (κ1) is 13.9. The van der Waals surface area contributed by atoms with Crippen molar-refractivity contribution < 1.29 is 14.3 Å². The molecule has 16 heavy (non-hydrogen) atoms. The van der Waals surface area contributed by atoms with Gasteiger partial charge in [-0.25, -0.2) is 0 Å². The second-order valence-electron chi connectivity index (χ2n) is 5.03. The average molecular weight is 339 g/mol. The number of hydrogen-bond donors (Lipinski definition) is 1. The Morgan fingerprint density at radius 2 is 2.06 bits per heavy atom. The molecule has 0 aromatic heterocycles. The lowest BCUT2D eigenvalue weighted by atomic mass is 9.97. The van der Waals surface area contributed by atoms with Crippen LogP contribution < -0.4 is 5.32 Å². The predicted molar refractivity (Wildman–Crippen MR) is 69.3 cm³/mol. The molecule has 0 bridgehead atoms. The first-order chi connectivity index (χ1) is 7.36. The number of esters is 1. The van der Waals surface area contributed by atoms with E-state index in [4.69, 9.17) is 4.74 Å². The maximum absolute atomic E-state index is 11.7. The summed E-state index contributed by atoms with van der Waals surface area (Å²) in [6, 6.07) is 0. The lowest BCUT2D eigenvalue weighted by molar-refractivity contribution is -0.162. The lowest BCUT2D eigenvalue weighted by Crippen LogP contribution is -2.39. The zero-order valence-corrected chi connectivity index (χ0v) is 12.0. The SMILES string of the molecule is CC(C)(C)C(=O)OC1NCCC1C(=O)CI. The zero-order valence-electron chi connectivity index (χ0n) is 9.88. The van der Waals surface area contributed by atoms with Crippen LogP contribution in [0.25, 0.3) is 0 Å². The molecule has 0 spiro atoms. The molecule has 0 aromatic rings. The van der Waals surface area contributed by atoms with Gasteiger partial charge < -0.3 is 4.74 Å². The monoisotopic (exact) mass is 339 g/mol. The minimum absolute atomic E-state index is 0.150. The summed E-state index contributed by atoms with van der Waals surface area (Å²) in [4.78, 5) is 23.3. The Balaban J connectivity index is 2.60. The van der Waals surface area contributed by atoms with E-state index in [9.17, 15) is 9.59 Å². The van der Waals surface area contributed by atoms with E-state index in [1.165, 1.54) is 0 Å². The van der Waals surface area contributed by atoms with Crippen LogP contribution in [0.4, 0.5) is 0 Å². The van der Waals surface area contributed by atoms with Crippen molar-refractivity contribution in [2.24, 2.45) is 11.3 Å². The zero-order chi connectivity index (χ0) is 12.3. The first-order valence-electron chi connectivity index (χ1n) is 5.39. The van der Waals surface area contributed by atoms with E-state index in [0.29, 0.717) is 4.43 Å². The van der Waals surface area contributed by atoms with Gasteiger partial charge in [0.2, 0.25) is 0 Å². The maximum atomic E-state index is 11.7. The van der Waals surface area contributed by atoms with Crippen LogP contribution in [-0.4, -0.2) is 29.0 Å². The van der Waals surface area contributed by atoms with Crippen molar-refractivity contribution in [3.63, 3.8) is 0 Å². The summed E-state index contributed by atoms with van der Waals surface area (Å²) < 4.78 is 5.80. The molecule has 2 atom stereocenters. The van der Waals surface area contributed by atoms with Crippen LogP contribution in [0.1, 0.15) is 27.2 Å². The van der Waals surface area contributed by atoms with Gasteiger partial charge in [0.05, 0.1) is 15.8 Å². The van der Waals surface area contributed by atoms with Crippen LogP contribution in [0.5, 0.6) is 0 Å². The molecule has 4 nitrogen and oxygen atoms in total. The van der Waals surface area contributed by atoms with Crippen molar-refractivity contribution in [1.82, 2.24) is 5.32 Å². The third-order valence-corrected chi connectivity index (χ3v) is 3.31. The fraction of sp³-hybridized carbons (Fsp3) is 0.818. The molecule has 1 rings (SSSR count). The lowest BCUT2D eigenvalue weighted by Gasteiger charge is -2.23. The molecule has 0 amide bonds. The van der Waals surface area contributed by atoms with Crippen molar-refractivity contribution in [2.75, 3.05) is 11.0 Å². The number of nitrogens with one attached hydrogen (secondary N) is 1. The summed E-state index contributed by atoms with van der Waals surface area (Å²) >= 11 is 2.05. The summed E-state index contributed by atoms with van der Waals surface area (Å²) in [6.07, 6.45) is 0.318. The van der Waals surface area contributed by atoms with E-state index >= 15 is 0 Å². The van der Waals surface area contributed by atoms with Crippen LogP contribution in [0.15, 0.2) is 0 Å². The van der Waals surface area contributed by atoms with Gasteiger partial charge in [-0.15, -0.1) is 0 Å². The third kappa shape index (κ3) is 3.41. The first-order valence-corrected chi connectivity index (χ1v) is 6.92. The van der Waals surface area contributed by atoms with E-state index in [2.05, 4.69) is 5.32 Å². The van der Waals surface area contributed by atoms with Crippen molar-refractivity contribution in [3.8, 4) is 0 Å². The van der Waals surface area contributed by atoms with Crippen molar-refractivity contribution in [1.29, 1.82) is 0 Å². The maximum Gasteiger partial charge on any atom is 0.312 e. The highest BCUT2D eigenvalue weighted by atomic mass is 127. The molecule has 1 N–H and O–H groups in total. The standard InChI is InChI=1S/C11H18INO3/c1-11(2,3)10(15)16-9-7(4-5-13-9)8(14)6-12/h7,9,13H,4-6H2,1-3H3. The molecule has 0 radical (unpaired) electrons. The second kappa shape index (κ2) is 5.44. The number of ether oxygens (including phenoxy) is 1. The number of alkyl halides is 1. The molecule has 0 aromatic carbocycles. The average Bonchev–Trinajstić information content (AvgIpc) is 2.63. The van der Waals surface area contributed by atoms with Gasteiger partial charge in [0.25, 0.3) is 0 Å². The van der Waals surface area contributed by atoms with E-state index in [0.717, 1.165) is 13.0 Å². The third-order valence-electron chi connectivity index (χ3n) is 2.56. The molecular formula is C11H18INO3. The molecule has 1 aliphatic heterocycles. The summed E-state index contributed by atoms with van der Waals surface area (Å²) in [5.41, 5.74) is -0.526. The number of carbonyl (C=O) groups is 2. The fourth-order valence-corrected chi connectivity index (χ4v) is 2.09. The molecule has 1 aliphatic rings. The number of halogens is 1. The van der Waals surface area contributed by atoms with Gasteiger partial charge in [-0.3, -0.25) is 14.9 Å². The summed E-state index contributed by atoms with van der Waals surface area (Å²) in [6.45, 7) is 6.15. The molecule has 2 unspecified atom stereocenters. The Bertz CT molecular complexity index is 285. The highest BCUT2D eigenvalue weighted by molar-refractivity contribution is 14.1. The number of rotatable bonds is 3. The number of Topliss-reactive ketones (excluding diaryl/α,β-unsaturated/α-hetero) is 1. The van der Waals surface area contributed by atoms with Crippen LogP contribution in [0.2, 0.25) is 0 Å². The molecular weight excluding hydrogens is 321 g/mol. The quantitative estimate of drug-likeness (QED) is 0.481. The van der Waals surface area contributed by atoms with E-state index in [1.807, 2.05) is 22.6 Å². The Kier molecular flexibility index (Phi) is 4.73.